The predicted molar refractivity (Wildman–Crippen MR) is 74.2 cm³/mol. The summed E-state index contributed by atoms with van der Waals surface area (Å²) in [6, 6.07) is 0.644. The van der Waals surface area contributed by atoms with E-state index in [0.717, 1.165) is 0 Å². The summed E-state index contributed by atoms with van der Waals surface area (Å²) in [6.45, 7) is 7.53. The van der Waals surface area contributed by atoms with E-state index < -0.39 is 23.5 Å². The maximum atomic E-state index is 12.7. The van der Waals surface area contributed by atoms with Crippen LogP contribution in [0.15, 0.2) is 6.07 Å². The Hall–Kier alpha value is -1.10. The fraction of sp³-hybridized carbons (Fsp3) is 0.250. The molecule has 0 fully saturated rings. The number of ether oxygens (including phenoxy) is 1. The molecule has 0 atom stereocenters. The van der Waals surface area contributed by atoms with Crippen LogP contribution in [-0.2, 0) is 48.5 Å². The van der Waals surface area contributed by atoms with E-state index in [2.05, 4.69) is 18.8 Å². The summed E-state index contributed by atoms with van der Waals surface area (Å²) in [4.78, 5) is 23.0. The Kier molecular flexibility index (Phi) is 16.5. The second kappa shape index (κ2) is 14.3. The zero-order valence-electron chi connectivity index (χ0n) is 12.4. The van der Waals surface area contributed by atoms with Crippen molar-refractivity contribution in [2.45, 2.75) is 13.1 Å². The van der Waals surface area contributed by atoms with Gasteiger partial charge >= 0.3 is 6.18 Å². The van der Waals surface area contributed by atoms with Gasteiger partial charge in [-0.25, -0.2) is 5.31 Å². The molecule has 0 aromatic carbocycles. The van der Waals surface area contributed by atoms with Gasteiger partial charge in [0.05, 0.1) is 18.1 Å². The van der Waals surface area contributed by atoms with Gasteiger partial charge in [-0.05, 0) is 19.3 Å². The van der Waals surface area contributed by atoms with Crippen LogP contribution >= 0.6 is 11.6 Å². The number of rotatable bonds is 3. The van der Waals surface area contributed by atoms with Crippen molar-refractivity contribution in [2.24, 2.45) is 0 Å². The Labute approximate surface area is 165 Å². The van der Waals surface area contributed by atoms with Crippen LogP contribution in [0.4, 0.5) is 23.5 Å². The minimum atomic E-state index is -4.70. The van der Waals surface area contributed by atoms with Gasteiger partial charge in [0, 0.05) is 32.7 Å². The fourth-order valence-electron chi connectivity index (χ4n) is 1.15. The van der Waals surface area contributed by atoms with Crippen molar-refractivity contribution >= 4 is 29.6 Å². The molecule has 2 N–H and O–H groups in total. The number of hydrogen-bond donors (Lipinski definition) is 2. The van der Waals surface area contributed by atoms with Gasteiger partial charge in [0.15, 0.2) is 0 Å². The smallest absolute Gasteiger partial charge is 0.420 e. The third-order valence-electron chi connectivity index (χ3n) is 1.79. The average molecular weight is 450 g/mol. The van der Waals surface area contributed by atoms with E-state index >= 15 is 0 Å². The summed E-state index contributed by atoms with van der Waals surface area (Å²) < 4.78 is 51.5. The maximum absolute atomic E-state index is 12.7. The van der Waals surface area contributed by atoms with Crippen molar-refractivity contribution in [1.29, 1.82) is 0 Å². The minimum absolute atomic E-state index is 0. The Morgan fingerprint density at radius 3 is 2.29 bits per heavy atom. The molecule has 0 bridgehead atoms. The van der Waals surface area contributed by atoms with Crippen LogP contribution in [0.5, 0.6) is 5.88 Å². The van der Waals surface area contributed by atoms with Crippen molar-refractivity contribution in [2.75, 3.05) is 11.9 Å². The van der Waals surface area contributed by atoms with Crippen LogP contribution in [0.2, 0.25) is 5.02 Å². The van der Waals surface area contributed by atoms with Gasteiger partial charge in [-0.15, -0.1) is 0 Å². The van der Waals surface area contributed by atoms with Gasteiger partial charge in [0.25, 0.3) is 0 Å². The number of pyridine rings is 1. The largest absolute Gasteiger partial charge is 0.477 e. The standard InChI is InChI=1S/C10H9ClF3N2O2.C2H3O.FHO.Y/c1-3-18-9-7(11)4-6(10(12,13)14)8(16-9)15-5(2)17;1-2-3;1-2;/h4H,2-3H2,1H3,(H,15,16,17);2H,1H2;2H;/q2*-1;;. The number of amides is 1. The molecule has 0 aliphatic heterocycles. The number of aromatic nitrogens is 1. The summed E-state index contributed by atoms with van der Waals surface area (Å²) >= 11 is 5.61. The number of nitrogens with one attached hydrogen (secondary N) is 1. The Morgan fingerprint density at radius 1 is 1.50 bits per heavy atom. The normalized spacial score (nSPS) is 9.12. The minimum Gasteiger partial charge on any atom is -0.477 e. The molecular formula is C12H13ClF4N2O4Y-2. The number of hydrogen-bond acceptors (Lipinski definition) is 5. The molecule has 0 saturated carbocycles. The number of halogens is 5. The Balaban J connectivity index is -0.000000660. The molecule has 0 saturated heterocycles. The SMILES string of the molecule is OF.[CH2-]C(=O)Nc1nc(OCC)c(Cl)cc1C(F)(F)F.[CH2-]C=O.[Y]. The third kappa shape index (κ3) is 10.6. The van der Waals surface area contributed by atoms with E-state index in [9.17, 15) is 18.0 Å². The summed E-state index contributed by atoms with van der Waals surface area (Å²) in [6.07, 6.45) is -4.20. The zero-order chi connectivity index (χ0) is 18.6. The van der Waals surface area contributed by atoms with Crippen molar-refractivity contribution in [3.05, 3.63) is 30.5 Å². The van der Waals surface area contributed by atoms with Gasteiger partial charge in [-0.1, -0.05) is 16.1 Å². The fourth-order valence-corrected chi connectivity index (χ4v) is 1.36. The molecule has 1 rings (SSSR count). The number of carbonyl (C=O) groups is 2. The van der Waals surface area contributed by atoms with E-state index in [1.165, 1.54) is 0 Å². The van der Waals surface area contributed by atoms with Crippen LogP contribution in [0.25, 0.3) is 0 Å². The third-order valence-corrected chi connectivity index (χ3v) is 2.06. The number of carbonyl (C=O) groups excluding carboxylic acids is 2. The summed E-state index contributed by atoms with van der Waals surface area (Å²) in [7, 11) is 0. The van der Waals surface area contributed by atoms with Gasteiger partial charge in [0.2, 0.25) is 5.88 Å². The summed E-state index contributed by atoms with van der Waals surface area (Å²) in [5.74, 6) is -1.79. The Morgan fingerprint density at radius 2 is 1.96 bits per heavy atom. The number of anilines is 1. The first-order valence-electron chi connectivity index (χ1n) is 5.60. The molecule has 0 spiro atoms. The second-order valence-electron chi connectivity index (χ2n) is 3.32. The molecule has 1 radical (unpaired) electrons. The van der Waals surface area contributed by atoms with Gasteiger partial charge in [0.1, 0.15) is 10.8 Å². The molecule has 135 valence electrons. The van der Waals surface area contributed by atoms with Gasteiger partial charge in [-0.2, -0.15) is 18.2 Å². The number of alkyl halides is 3. The molecular weight excluding hydrogens is 436 g/mol. The topological polar surface area (TPSA) is 88.5 Å². The molecule has 1 heterocycles. The first-order valence-corrected chi connectivity index (χ1v) is 5.98. The summed E-state index contributed by atoms with van der Waals surface area (Å²) in [5, 5.41) is 7.10. The molecule has 1 amide bonds. The zero-order valence-corrected chi connectivity index (χ0v) is 16.0. The molecule has 1 aromatic rings. The van der Waals surface area contributed by atoms with Gasteiger partial charge in [-0.3, -0.25) is 0 Å². The molecule has 24 heavy (non-hydrogen) atoms. The monoisotopic (exact) mass is 449 g/mol. The first kappa shape index (κ1) is 27.7. The number of aldehydes is 1. The van der Waals surface area contributed by atoms with Crippen molar-refractivity contribution in [3.63, 3.8) is 0 Å². The maximum Gasteiger partial charge on any atom is 0.420 e. The second-order valence-corrected chi connectivity index (χ2v) is 3.72. The van der Waals surface area contributed by atoms with Crippen molar-refractivity contribution < 1.29 is 70.0 Å². The van der Waals surface area contributed by atoms with Crippen LogP contribution in [0.1, 0.15) is 12.5 Å². The van der Waals surface area contributed by atoms with Crippen molar-refractivity contribution in [1.82, 2.24) is 4.98 Å². The van der Waals surface area contributed by atoms with Crippen LogP contribution in [-0.4, -0.2) is 29.1 Å². The molecule has 12 heteroatoms. The summed E-state index contributed by atoms with van der Waals surface area (Å²) in [5.41, 5.74) is -1.16. The van der Waals surface area contributed by atoms with Crippen LogP contribution in [0.3, 0.4) is 0 Å². The van der Waals surface area contributed by atoms with Crippen LogP contribution in [0, 0.1) is 13.8 Å². The molecule has 1 aromatic heterocycles. The average Bonchev–Trinajstić information content (AvgIpc) is 2.44. The molecule has 0 unspecified atom stereocenters. The van der Waals surface area contributed by atoms with E-state index in [1.807, 2.05) is 5.32 Å². The van der Waals surface area contributed by atoms with E-state index in [0.29, 0.717) is 12.4 Å². The Bertz CT molecular complexity index is 519. The number of nitrogens with zero attached hydrogens (tertiary/aromatic N) is 1. The quantitative estimate of drug-likeness (QED) is 0.421. The predicted octanol–water partition coefficient (Wildman–Crippen LogP) is 2.81. The molecule has 0 aliphatic carbocycles. The molecule has 6 nitrogen and oxygen atoms in total. The van der Waals surface area contributed by atoms with Crippen molar-refractivity contribution in [3.8, 4) is 5.88 Å². The van der Waals surface area contributed by atoms with Crippen LogP contribution < -0.4 is 10.1 Å². The van der Waals surface area contributed by atoms with Gasteiger partial charge < -0.3 is 33.5 Å². The first-order chi connectivity index (χ1) is 10.7. The van der Waals surface area contributed by atoms with E-state index in [1.54, 1.807) is 6.92 Å². The molecule has 0 aliphatic rings. The van der Waals surface area contributed by atoms with E-state index in [4.69, 9.17) is 31.0 Å². The van der Waals surface area contributed by atoms with E-state index in [-0.39, 0.29) is 50.2 Å².